The number of amides is 1. The normalized spacial score (nSPS) is 11.1. The van der Waals surface area contributed by atoms with Crippen LogP contribution >= 0.6 is 22.9 Å². The highest BCUT2D eigenvalue weighted by Crippen LogP contribution is 2.20. The van der Waals surface area contributed by atoms with Crippen LogP contribution in [0.25, 0.3) is 4.96 Å². The van der Waals surface area contributed by atoms with Crippen LogP contribution in [0.2, 0.25) is 5.15 Å². The number of thiazole rings is 1. The highest BCUT2D eigenvalue weighted by Gasteiger charge is 2.09. The van der Waals surface area contributed by atoms with Gasteiger partial charge in [0.15, 0.2) is 16.7 Å². The summed E-state index contributed by atoms with van der Waals surface area (Å²) in [7, 11) is 0. The van der Waals surface area contributed by atoms with E-state index in [4.69, 9.17) is 21.1 Å². The van der Waals surface area contributed by atoms with Gasteiger partial charge in [-0.1, -0.05) is 41.9 Å². The summed E-state index contributed by atoms with van der Waals surface area (Å²) in [5, 5.41) is 6.13. The van der Waals surface area contributed by atoms with Crippen LogP contribution in [0.3, 0.4) is 0 Å². The van der Waals surface area contributed by atoms with E-state index in [2.05, 4.69) is 15.5 Å². The van der Waals surface area contributed by atoms with Gasteiger partial charge in [0.25, 0.3) is 5.91 Å². The third-order valence-electron chi connectivity index (χ3n) is 4.07. The lowest BCUT2D eigenvalue weighted by Gasteiger charge is -2.08. The molecule has 2 aromatic carbocycles. The number of hydrazone groups is 1. The van der Waals surface area contributed by atoms with Gasteiger partial charge < -0.3 is 9.47 Å². The van der Waals surface area contributed by atoms with E-state index in [1.807, 2.05) is 41.9 Å². The van der Waals surface area contributed by atoms with Crippen LogP contribution < -0.4 is 14.9 Å². The van der Waals surface area contributed by atoms with Crippen LogP contribution in [0, 0.1) is 0 Å². The third-order valence-corrected chi connectivity index (χ3v) is 5.11. The molecule has 0 saturated carbocycles. The van der Waals surface area contributed by atoms with Gasteiger partial charge in [0, 0.05) is 11.6 Å². The van der Waals surface area contributed by atoms with Crippen molar-refractivity contribution in [1.29, 1.82) is 0 Å². The molecule has 0 bridgehead atoms. The molecule has 0 aliphatic carbocycles. The fourth-order valence-corrected chi connectivity index (χ4v) is 3.60. The van der Waals surface area contributed by atoms with Crippen LogP contribution in [0.5, 0.6) is 11.5 Å². The molecule has 0 aliphatic heterocycles. The Balaban J connectivity index is 1.23. The summed E-state index contributed by atoms with van der Waals surface area (Å²) in [6.45, 7) is 0.315. The lowest BCUT2D eigenvalue weighted by molar-refractivity contribution is -0.123. The predicted octanol–water partition coefficient (Wildman–Crippen LogP) is 4.16. The topological polar surface area (TPSA) is 77.2 Å². The summed E-state index contributed by atoms with van der Waals surface area (Å²) in [6.07, 6.45) is 3.28. The van der Waals surface area contributed by atoms with Crippen molar-refractivity contribution in [1.82, 2.24) is 14.8 Å². The molecule has 30 heavy (non-hydrogen) atoms. The Morgan fingerprint density at radius 2 is 1.87 bits per heavy atom. The SMILES string of the molecule is O=C(COc1ccc(OCc2ccccc2)cc1)N/N=C/c1c(Cl)nc2sccn12. The molecule has 9 heteroatoms. The first kappa shape index (κ1) is 19.9. The molecule has 0 fully saturated rings. The zero-order chi connectivity index (χ0) is 20.8. The molecule has 2 aromatic heterocycles. The first-order valence-corrected chi connectivity index (χ1v) is 10.3. The van der Waals surface area contributed by atoms with Crippen molar-refractivity contribution in [2.24, 2.45) is 5.10 Å². The predicted molar refractivity (Wildman–Crippen MR) is 117 cm³/mol. The number of carbonyl (C=O) groups excluding carboxylic acids is 1. The summed E-state index contributed by atoms with van der Waals surface area (Å²) in [6, 6.07) is 17.0. The lowest BCUT2D eigenvalue weighted by atomic mass is 10.2. The number of aromatic nitrogens is 2. The molecule has 4 aromatic rings. The maximum atomic E-state index is 11.9. The first-order valence-electron chi connectivity index (χ1n) is 9.01. The van der Waals surface area contributed by atoms with E-state index < -0.39 is 5.91 Å². The van der Waals surface area contributed by atoms with Gasteiger partial charge in [0.2, 0.25) is 0 Å². The Kier molecular flexibility index (Phi) is 6.26. The lowest BCUT2D eigenvalue weighted by Crippen LogP contribution is -2.24. The molecular formula is C21H17ClN4O3S. The third kappa shape index (κ3) is 4.97. The minimum atomic E-state index is -0.391. The highest BCUT2D eigenvalue weighted by atomic mass is 35.5. The van der Waals surface area contributed by atoms with E-state index in [1.54, 1.807) is 28.7 Å². The van der Waals surface area contributed by atoms with Gasteiger partial charge >= 0.3 is 0 Å². The standard InChI is InChI=1S/C21H17ClN4O3S/c22-20-18(26-10-11-30-21(26)24-20)12-23-25-19(27)14-29-17-8-6-16(7-9-17)28-13-15-4-2-1-3-5-15/h1-12H,13-14H2,(H,25,27)/b23-12+. The van der Waals surface area contributed by atoms with Crippen molar-refractivity contribution in [3.63, 3.8) is 0 Å². The summed E-state index contributed by atoms with van der Waals surface area (Å²) in [5.41, 5.74) is 4.10. The van der Waals surface area contributed by atoms with E-state index in [0.29, 0.717) is 23.2 Å². The average Bonchev–Trinajstić information content (AvgIpc) is 3.34. The Morgan fingerprint density at radius 3 is 2.63 bits per heavy atom. The fourth-order valence-electron chi connectivity index (χ4n) is 2.61. The molecule has 4 rings (SSSR count). The number of hydrogen-bond donors (Lipinski definition) is 1. The number of carbonyl (C=O) groups is 1. The maximum Gasteiger partial charge on any atom is 0.277 e. The number of nitrogens with zero attached hydrogens (tertiary/aromatic N) is 3. The van der Waals surface area contributed by atoms with Crippen molar-refractivity contribution >= 4 is 40.0 Å². The molecule has 2 heterocycles. The number of imidazole rings is 1. The Hall–Kier alpha value is -3.36. The van der Waals surface area contributed by atoms with Crippen molar-refractivity contribution < 1.29 is 14.3 Å². The van der Waals surface area contributed by atoms with Crippen LogP contribution in [-0.4, -0.2) is 28.1 Å². The smallest absolute Gasteiger partial charge is 0.277 e. The van der Waals surface area contributed by atoms with Gasteiger partial charge in [-0.25, -0.2) is 10.4 Å². The van der Waals surface area contributed by atoms with Gasteiger partial charge in [-0.3, -0.25) is 9.20 Å². The van der Waals surface area contributed by atoms with Gasteiger partial charge in [0.1, 0.15) is 23.8 Å². The van der Waals surface area contributed by atoms with Crippen molar-refractivity contribution in [3.8, 4) is 11.5 Å². The number of nitrogens with one attached hydrogen (secondary N) is 1. The fraction of sp³-hybridized carbons (Fsp3) is 0.0952. The molecule has 152 valence electrons. The minimum absolute atomic E-state index is 0.171. The highest BCUT2D eigenvalue weighted by molar-refractivity contribution is 7.15. The minimum Gasteiger partial charge on any atom is -0.489 e. The molecule has 0 aliphatic rings. The summed E-state index contributed by atoms with van der Waals surface area (Å²) < 4.78 is 13.0. The second kappa shape index (κ2) is 9.43. The molecule has 0 atom stereocenters. The molecule has 0 unspecified atom stereocenters. The quantitative estimate of drug-likeness (QED) is 0.329. The van der Waals surface area contributed by atoms with E-state index >= 15 is 0 Å². The van der Waals surface area contributed by atoms with E-state index in [-0.39, 0.29) is 6.61 Å². The molecule has 1 amide bonds. The van der Waals surface area contributed by atoms with Crippen LogP contribution in [0.15, 0.2) is 71.3 Å². The van der Waals surface area contributed by atoms with Crippen LogP contribution in [0.1, 0.15) is 11.3 Å². The van der Waals surface area contributed by atoms with Gasteiger partial charge in [-0.2, -0.15) is 5.10 Å². The number of rotatable bonds is 8. The molecule has 0 saturated heterocycles. The summed E-state index contributed by atoms with van der Waals surface area (Å²) in [5.74, 6) is 0.885. The maximum absolute atomic E-state index is 11.9. The number of fused-ring (bicyclic) bond motifs is 1. The van der Waals surface area contributed by atoms with Crippen molar-refractivity contribution in [3.05, 3.63) is 82.6 Å². The molecule has 0 radical (unpaired) electrons. The zero-order valence-corrected chi connectivity index (χ0v) is 17.3. The zero-order valence-electron chi connectivity index (χ0n) is 15.7. The monoisotopic (exact) mass is 440 g/mol. The second-order valence-corrected chi connectivity index (χ2v) is 7.40. The van der Waals surface area contributed by atoms with Gasteiger partial charge in [0.05, 0.1) is 6.21 Å². The molecular weight excluding hydrogens is 424 g/mol. The average molecular weight is 441 g/mol. The Labute approximate surface area is 181 Å². The largest absolute Gasteiger partial charge is 0.489 e. The van der Waals surface area contributed by atoms with Gasteiger partial charge in [-0.15, -0.1) is 11.3 Å². The second-order valence-electron chi connectivity index (χ2n) is 6.17. The summed E-state index contributed by atoms with van der Waals surface area (Å²) in [4.78, 5) is 16.9. The Bertz CT molecular complexity index is 1160. The van der Waals surface area contributed by atoms with E-state index in [0.717, 1.165) is 16.3 Å². The molecule has 7 nitrogen and oxygen atoms in total. The van der Waals surface area contributed by atoms with Crippen LogP contribution in [0.4, 0.5) is 0 Å². The van der Waals surface area contributed by atoms with Crippen molar-refractivity contribution in [2.75, 3.05) is 6.61 Å². The van der Waals surface area contributed by atoms with E-state index in [9.17, 15) is 4.79 Å². The molecule has 0 spiro atoms. The van der Waals surface area contributed by atoms with Crippen molar-refractivity contribution in [2.45, 2.75) is 6.61 Å². The summed E-state index contributed by atoms with van der Waals surface area (Å²) >= 11 is 7.53. The van der Waals surface area contributed by atoms with E-state index in [1.165, 1.54) is 17.6 Å². The van der Waals surface area contributed by atoms with Gasteiger partial charge in [-0.05, 0) is 29.8 Å². The number of halogens is 1. The van der Waals surface area contributed by atoms with Crippen LogP contribution in [-0.2, 0) is 11.4 Å². The number of benzene rings is 2. The number of ether oxygens (including phenoxy) is 2. The Morgan fingerprint density at radius 1 is 1.13 bits per heavy atom. The number of hydrogen-bond acceptors (Lipinski definition) is 6. The first-order chi connectivity index (χ1) is 14.7. The molecule has 1 N–H and O–H groups in total.